The number of carbonyl (C=O) groups excluding carboxylic acids is 1. The molecule has 7 heteroatoms. The number of thiocarbonyl (C=S) groups is 1. The normalized spacial score (nSPS) is 15.6. The maximum absolute atomic E-state index is 11.6. The molecule has 0 N–H and O–H groups in total. The highest BCUT2D eigenvalue weighted by Gasteiger charge is 2.26. The minimum atomic E-state index is -0.123. The van der Waals surface area contributed by atoms with Crippen molar-refractivity contribution in [3.63, 3.8) is 0 Å². The number of hydrogen-bond acceptors (Lipinski definition) is 5. The molecule has 0 aliphatic carbocycles. The van der Waals surface area contributed by atoms with Gasteiger partial charge in [-0.3, -0.25) is 4.79 Å². The summed E-state index contributed by atoms with van der Waals surface area (Å²) in [4.78, 5) is 16.0. The van der Waals surface area contributed by atoms with Crippen molar-refractivity contribution in [2.24, 2.45) is 5.10 Å². The Hall–Kier alpha value is -1.50. The van der Waals surface area contributed by atoms with E-state index in [0.29, 0.717) is 20.8 Å². The van der Waals surface area contributed by atoms with Crippen LogP contribution in [0, 0.1) is 6.92 Å². The number of aromatic nitrogens is 1. The number of thioether (sulfide) groups is 1. The Bertz CT molecular complexity index is 775. The highest BCUT2D eigenvalue weighted by Crippen LogP contribution is 2.23. The first kappa shape index (κ1) is 14.4. The summed E-state index contributed by atoms with van der Waals surface area (Å²) in [5, 5.41) is 6.67. The molecule has 3 rings (SSSR count). The number of nitrogens with zero attached hydrogens (tertiary/aromatic N) is 3. The van der Waals surface area contributed by atoms with Crippen molar-refractivity contribution in [1.82, 2.24) is 9.99 Å². The Morgan fingerprint density at radius 1 is 1.52 bits per heavy atom. The predicted molar refractivity (Wildman–Crippen MR) is 91.0 cm³/mol. The topological polar surface area (TPSA) is 45.6 Å². The first-order valence-electron chi connectivity index (χ1n) is 6.16. The molecule has 1 aliphatic rings. The third-order valence-electron chi connectivity index (χ3n) is 3.07. The Balaban J connectivity index is 1.99. The Kier molecular flexibility index (Phi) is 3.93. The molecule has 2 heterocycles. The van der Waals surface area contributed by atoms with E-state index < -0.39 is 0 Å². The summed E-state index contributed by atoms with van der Waals surface area (Å²) < 4.78 is 0.456. The molecule has 4 nitrogen and oxygen atoms in total. The van der Waals surface area contributed by atoms with Crippen molar-refractivity contribution in [3.05, 3.63) is 40.5 Å². The minimum absolute atomic E-state index is 0.123. The average Bonchev–Trinajstić information content (AvgIpc) is 2.77. The van der Waals surface area contributed by atoms with Gasteiger partial charge in [0.05, 0.1) is 17.5 Å². The molecule has 1 fully saturated rings. The smallest absolute Gasteiger partial charge is 0.259 e. The number of hydrazone groups is 1. The van der Waals surface area contributed by atoms with Gasteiger partial charge in [0.1, 0.15) is 5.15 Å². The number of carbonyl (C=O) groups is 1. The quantitative estimate of drug-likeness (QED) is 0.479. The van der Waals surface area contributed by atoms with Gasteiger partial charge in [-0.2, -0.15) is 10.1 Å². The zero-order valence-electron chi connectivity index (χ0n) is 11.0. The maximum Gasteiger partial charge on any atom is 0.259 e. The van der Waals surface area contributed by atoms with Crippen LogP contribution < -0.4 is 0 Å². The molecule has 0 unspecified atom stereocenters. The zero-order valence-corrected chi connectivity index (χ0v) is 13.4. The molecule has 106 valence electrons. The van der Waals surface area contributed by atoms with Crippen LogP contribution in [0.25, 0.3) is 10.9 Å². The van der Waals surface area contributed by atoms with Gasteiger partial charge in [-0.25, -0.2) is 4.98 Å². The lowest BCUT2D eigenvalue weighted by atomic mass is 10.1. The number of pyridine rings is 1. The fraction of sp³-hybridized carbons (Fsp3) is 0.143. The van der Waals surface area contributed by atoms with E-state index in [9.17, 15) is 4.79 Å². The van der Waals surface area contributed by atoms with Gasteiger partial charge in [-0.1, -0.05) is 53.8 Å². The van der Waals surface area contributed by atoms with E-state index in [2.05, 4.69) is 10.1 Å². The number of benzene rings is 1. The Morgan fingerprint density at radius 3 is 3.05 bits per heavy atom. The Labute approximate surface area is 136 Å². The third-order valence-corrected chi connectivity index (χ3v) is 4.71. The summed E-state index contributed by atoms with van der Waals surface area (Å²) in [6.45, 7) is 1.98. The standard InChI is InChI=1S/C14H10ClN3OS2/c1-8-3-2-4-9-5-10(13(15)17-12(8)9)6-16-18-11(19)7-21-14(18)20/h2-6H,7H2,1H3. The number of para-hydroxylation sites is 1. The van der Waals surface area contributed by atoms with Crippen molar-refractivity contribution in [1.29, 1.82) is 0 Å². The first-order valence-corrected chi connectivity index (χ1v) is 7.93. The van der Waals surface area contributed by atoms with Crippen LogP contribution >= 0.6 is 35.6 Å². The molecular formula is C14H10ClN3OS2. The third kappa shape index (κ3) is 2.79. The van der Waals surface area contributed by atoms with E-state index in [1.807, 2.05) is 31.2 Å². The molecule has 1 aromatic carbocycles. The number of fused-ring (bicyclic) bond motifs is 1. The van der Waals surface area contributed by atoms with Crippen LogP contribution in [0.5, 0.6) is 0 Å². The van der Waals surface area contributed by atoms with E-state index in [0.717, 1.165) is 16.5 Å². The van der Waals surface area contributed by atoms with Crippen LogP contribution in [0.3, 0.4) is 0 Å². The van der Waals surface area contributed by atoms with Crippen LogP contribution in [0.15, 0.2) is 29.4 Å². The molecule has 21 heavy (non-hydrogen) atoms. The fourth-order valence-electron chi connectivity index (χ4n) is 2.01. The van der Waals surface area contributed by atoms with Crippen molar-refractivity contribution in [2.45, 2.75) is 6.92 Å². The van der Waals surface area contributed by atoms with E-state index in [1.54, 1.807) is 0 Å². The zero-order chi connectivity index (χ0) is 15.0. The molecule has 0 saturated carbocycles. The number of amides is 1. The molecule has 1 amide bonds. The molecular weight excluding hydrogens is 326 g/mol. The largest absolute Gasteiger partial charge is 0.272 e. The van der Waals surface area contributed by atoms with Gasteiger partial charge in [0.15, 0.2) is 4.32 Å². The van der Waals surface area contributed by atoms with Gasteiger partial charge in [-0.15, -0.1) is 0 Å². The summed E-state index contributed by atoms with van der Waals surface area (Å²) in [6.07, 6.45) is 1.52. The fourth-order valence-corrected chi connectivity index (χ4v) is 3.16. The van der Waals surface area contributed by atoms with Crippen LogP contribution in [0.2, 0.25) is 5.15 Å². The van der Waals surface area contributed by atoms with Gasteiger partial charge in [0.25, 0.3) is 5.91 Å². The number of halogens is 1. The van der Waals surface area contributed by atoms with Crippen LogP contribution in [-0.4, -0.2) is 32.2 Å². The molecule has 1 aromatic heterocycles. The second-order valence-electron chi connectivity index (χ2n) is 4.52. The second-order valence-corrected chi connectivity index (χ2v) is 6.49. The molecule has 0 atom stereocenters. The number of aryl methyl sites for hydroxylation is 1. The molecule has 0 bridgehead atoms. The highest BCUT2D eigenvalue weighted by atomic mass is 35.5. The SMILES string of the molecule is Cc1cccc2cc(C=NN3C(=O)CSC3=S)c(Cl)nc12. The van der Waals surface area contributed by atoms with Gasteiger partial charge >= 0.3 is 0 Å². The van der Waals surface area contributed by atoms with Crippen molar-refractivity contribution < 1.29 is 4.79 Å². The summed E-state index contributed by atoms with van der Waals surface area (Å²) in [7, 11) is 0. The van der Waals surface area contributed by atoms with Crippen LogP contribution in [0.4, 0.5) is 0 Å². The van der Waals surface area contributed by atoms with Crippen molar-refractivity contribution in [2.75, 3.05) is 5.75 Å². The summed E-state index contributed by atoms with van der Waals surface area (Å²) in [5.41, 5.74) is 2.58. The number of rotatable bonds is 2. The van der Waals surface area contributed by atoms with Gasteiger partial charge in [0, 0.05) is 10.9 Å². The Morgan fingerprint density at radius 2 is 2.33 bits per heavy atom. The lowest BCUT2D eigenvalue weighted by molar-refractivity contribution is -0.123. The van der Waals surface area contributed by atoms with Gasteiger partial charge in [0.2, 0.25) is 0 Å². The van der Waals surface area contributed by atoms with Crippen molar-refractivity contribution >= 4 is 62.9 Å². The minimum Gasteiger partial charge on any atom is -0.272 e. The van der Waals surface area contributed by atoms with E-state index >= 15 is 0 Å². The first-order chi connectivity index (χ1) is 10.1. The predicted octanol–water partition coefficient (Wildman–Crippen LogP) is 3.39. The summed E-state index contributed by atoms with van der Waals surface area (Å²) in [5.74, 6) is 0.209. The van der Waals surface area contributed by atoms with E-state index in [4.69, 9.17) is 23.8 Å². The summed E-state index contributed by atoms with van der Waals surface area (Å²) >= 11 is 12.6. The van der Waals surface area contributed by atoms with Crippen LogP contribution in [-0.2, 0) is 4.79 Å². The molecule has 1 aliphatic heterocycles. The number of hydrogen-bond donors (Lipinski definition) is 0. The summed E-state index contributed by atoms with van der Waals surface area (Å²) in [6, 6.07) is 7.81. The lowest BCUT2D eigenvalue weighted by Gasteiger charge is -2.08. The molecule has 0 spiro atoms. The maximum atomic E-state index is 11.6. The van der Waals surface area contributed by atoms with Gasteiger partial charge < -0.3 is 0 Å². The van der Waals surface area contributed by atoms with E-state index in [1.165, 1.54) is 23.0 Å². The average molecular weight is 336 g/mol. The van der Waals surface area contributed by atoms with Crippen LogP contribution in [0.1, 0.15) is 11.1 Å². The van der Waals surface area contributed by atoms with Crippen molar-refractivity contribution in [3.8, 4) is 0 Å². The molecule has 2 aromatic rings. The monoisotopic (exact) mass is 335 g/mol. The van der Waals surface area contributed by atoms with Gasteiger partial charge in [-0.05, 0) is 18.6 Å². The molecule has 1 saturated heterocycles. The second kappa shape index (κ2) is 5.71. The van der Waals surface area contributed by atoms with E-state index in [-0.39, 0.29) is 5.91 Å². The lowest BCUT2D eigenvalue weighted by Crippen LogP contribution is -2.22. The molecule has 0 radical (unpaired) electrons. The highest BCUT2D eigenvalue weighted by molar-refractivity contribution is 8.23.